The maximum Gasteiger partial charge on any atom is 0.123 e. The third kappa shape index (κ3) is 4.11. The highest BCUT2D eigenvalue weighted by atomic mass is 35.5. The van der Waals surface area contributed by atoms with Crippen LogP contribution in [0.1, 0.15) is 24.8 Å². The van der Waals surface area contributed by atoms with Crippen LogP contribution in [0.4, 0.5) is 0 Å². The zero-order chi connectivity index (χ0) is 13.8. The van der Waals surface area contributed by atoms with Gasteiger partial charge in [-0.05, 0) is 55.5 Å². The van der Waals surface area contributed by atoms with E-state index in [1.54, 1.807) is 0 Å². The Labute approximate surface area is 125 Å². The van der Waals surface area contributed by atoms with E-state index in [-0.39, 0.29) is 6.10 Å². The number of fused-ring (bicyclic) bond motifs is 1. The molecule has 3 rings (SSSR count). The molecule has 1 heterocycles. The van der Waals surface area contributed by atoms with Crippen LogP contribution in [0.3, 0.4) is 0 Å². The lowest BCUT2D eigenvalue weighted by molar-refractivity contribution is 0.121. The van der Waals surface area contributed by atoms with E-state index in [1.807, 2.05) is 18.2 Å². The van der Waals surface area contributed by atoms with Gasteiger partial charge in [0, 0.05) is 31.2 Å². The normalized spacial score (nSPS) is 20.8. The predicted octanol–water partition coefficient (Wildman–Crippen LogP) is 3.05. The number of hydrogen-bond donors (Lipinski definition) is 1. The van der Waals surface area contributed by atoms with Crippen LogP contribution in [0.15, 0.2) is 18.2 Å². The molecule has 20 heavy (non-hydrogen) atoms. The molecular weight excluding hydrogens is 274 g/mol. The SMILES string of the molecule is Clc1ccc2c(c1)CC(CNCCCOCC1CC1)O2. The van der Waals surface area contributed by atoms with Gasteiger partial charge in [-0.25, -0.2) is 0 Å². The van der Waals surface area contributed by atoms with Crippen molar-refractivity contribution in [2.45, 2.75) is 31.8 Å². The van der Waals surface area contributed by atoms with Crippen LogP contribution in [0, 0.1) is 5.92 Å². The Morgan fingerprint density at radius 1 is 1.35 bits per heavy atom. The molecule has 1 atom stereocenters. The molecule has 1 unspecified atom stereocenters. The summed E-state index contributed by atoms with van der Waals surface area (Å²) in [5.41, 5.74) is 1.22. The minimum absolute atomic E-state index is 0.232. The molecule has 0 aromatic heterocycles. The largest absolute Gasteiger partial charge is 0.488 e. The van der Waals surface area contributed by atoms with Gasteiger partial charge in [0.2, 0.25) is 0 Å². The Morgan fingerprint density at radius 2 is 2.25 bits per heavy atom. The van der Waals surface area contributed by atoms with Crippen LogP contribution in [0.25, 0.3) is 0 Å². The number of rotatable bonds is 8. The zero-order valence-electron chi connectivity index (χ0n) is 11.7. The minimum Gasteiger partial charge on any atom is -0.488 e. The van der Waals surface area contributed by atoms with E-state index in [1.165, 1.54) is 18.4 Å². The van der Waals surface area contributed by atoms with Crippen molar-refractivity contribution in [3.63, 3.8) is 0 Å². The Morgan fingerprint density at radius 3 is 3.10 bits per heavy atom. The van der Waals surface area contributed by atoms with Crippen molar-refractivity contribution < 1.29 is 9.47 Å². The molecule has 3 nitrogen and oxygen atoms in total. The minimum atomic E-state index is 0.232. The first kappa shape index (κ1) is 14.2. The van der Waals surface area contributed by atoms with E-state index >= 15 is 0 Å². The number of nitrogens with one attached hydrogen (secondary N) is 1. The van der Waals surface area contributed by atoms with Crippen molar-refractivity contribution in [2.24, 2.45) is 5.92 Å². The second-order valence-electron chi connectivity index (χ2n) is 5.77. The summed E-state index contributed by atoms with van der Waals surface area (Å²) >= 11 is 5.99. The average molecular weight is 296 g/mol. The topological polar surface area (TPSA) is 30.5 Å². The summed E-state index contributed by atoms with van der Waals surface area (Å²) in [6, 6.07) is 5.85. The fraction of sp³-hybridized carbons (Fsp3) is 0.625. The first-order valence-electron chi connectivity index (χ1n) is 7.55. The maximum absolute atomic E-state index is 5.99. The highest BCUT2D eigenvalue weighted by Crippen LogP contribution is 2.30. The summed E-state index contributed by atoms with van der Waals surface area (Å²) in [4.78, 5) is 0. The summed E-state index contributed by atoms with van der Waals surface area (Å²) < 4.78 is 11.5. The molecule has 0 amide bonds. The third-order valence-corrected chi connectivity index (χ3v) is 4.06. The third-order valence-electron chi connectivity index (χ3n) is 3.83. The number of hydrogen-bond acceptors (Lipinski definition) is 3. The van der Waals surface area contributed by atoms with E-state index in [4.69, 9.17) is 21.1 Å². The lowest BCUT2D eigenvalue weighted by Gasteiger charge is -2.11. The summed E-state index contributed by atoms with van der Waals surface area (Å²) in [6.45, 7) is 3.70. The van der Waals surface area contributed by atoms with Gasteiger partial charge in [0.15, 0.2) is 0 Å². The standard InChI is InChI=1S/C16H22ClNO2/c17-14-4-5-16-13(8-14)9-15(20-16)10-18-6-1-7-19-11-12-2-3-12/h4-5,8,12,15,18H,1-3,6-7,9-11H2. The van der Waals surface area contributed by atoms with Crippen molar-refractivity contribution in [3.05, 3.63) is 28.8 Å². The van der Waals surface area contributed by atoms with Gasteiger partial charge in [0.05, 0.1) is 0 Å². The zero-order valence-corrected chi connectivity index (χ0v) is 12.5. The molecule has 0 saturated heterocycles. The van der Waals surface area contributed by atoms with Gasteiger partial charge in [0.25, 0.3) is 0 Å². The van der Waals surface area contributed by atoms with Gasteiger partial charge < -0.3 is 14.8 Å². The second kappa shape index (κ2) is 6.79. The molecule has 4 heteroatoms. The van der Waals surface area contributed by atoms with Crippen LogP contribution in [-0.4, -0.2) is 32.4 Å². The maximum atomic E-state index is 5.99. The van der Waals surface area contributed by atoms with Crippen molar-refractivity contribution in [3.8, 4) is 5.75 Å². The quantitative estimate of drug-likeness (QED) is 0.748. The monoisotopic (exact) mass is 295 g/mol. The van der Waals surface area contributed by atoms with Crippen LogP contribution in [0.5, 0.6) is 5.75 Å². The first-order chi connectivity index (χ1) is 9.81. The molecule has 1 saturated carbocycles. The Balaban J connectivity index is 1.26. The molecule has 0 bridgehead atoms. The van der Waals surface area contributed by atoms with E-state index in [9.17, 15) is 0 Å². The molecular formula is C16H22ClNO2. The summed E-state index contributed by atoms with van der Waals surface area (Å²) in [7, 11) is 0. The van der Waals surface area contributed by atoms with E-state index in [2.05, 4.69) is 5.32 Å². The number of halogens is 1. The van der Waals surface area contributed by atoms with Gasteiger partial charge >= 0.3 is 0 Å². The smallest absolute Gasteiger partial charge is 0.123 e. The molecule has 1 aliphatic carbocycles. The average Bonchev–Trinajstić information content (AvgIpc) is 3.17. The van der Waals surface area contributed by atoms with Crippen molar-refractivity contribution in [2.75, 3.05) is 26.3 Å². The summed E-state index contributed by atoms with van der Waals surface area (Å²) in [6.07, 6.45) is 4.97. The fourth-order valence-electron chi connectivity index (χ4n) is 2.50. The van der Waals surface area contributed by atoms with Gasteiger partial charge in [0.1, 0.15) is 11.9 Å². The lowest BCUT2D eigenvalue weighted by atomic mass is 10.1. The summed E-state index contributed by atoms with van der Waals surface area (Å²) in [5, 5.41) is 4.23. The van der Waals surface area contributed by atoms with E-state index < -0.39 is 0 Å². The number of ether oxygens (including phenoxy) is 2. The van der Waals surface area contributed by atoms with Crippen LogP contribution >= 0.6 is 11.6 Å². The fourth-order valence-corrected chi connectivity index (χ4v) is 2.69. The molecule has 1 N–H and O–H groups in total. The highest BCUT2D eigenvalue weighted by molar-refractivity contribution is 6.30. The molecule has 1 fully saturated rings. The predicted molar refractivity (Wildman–Crippen MR) is 80.6 cm³/mol. The van der Waals surface area contributed by atoms with Gasteiger partial charge in [-0.15, -0.1) is 0 Å². The number of benzene rings is 1. The molecule has 0 radical (unpaired) electrons. The molecule has 1 aromatic rings. The van der Waals surface area contributed by atoms with Crippen molar-refractivity contribution in [1.29, 1.82) is 0 Å². The molecule has 1 aromatic carbocycles. The molecule has 110 valence electrons. The lowest BCUT2D eigenvalue weighted by Crippen LogP contribution is -2.31. The highest BCUT2D eigenvalue weighted by Gasteiger charge is 2.22. The van der Waals surface area contributed by atoms with E-state index in [0.717, 1.165) is 55.8 Å². The van der Waals surface area contributed by atoms with Gasteiger partial charge in [-0.2, -0.15) is 0 Å². The van der Waals surface area contributed by atoms with Gasteiger partial charge in [-0.3, -0.25) is 0 Å². The summed E-state index contributed by atoms with van der Waals surface area (Å²) in [5.74, 6) is 1.84. The van der Waals surface area contributed by atoms with Crippen LogP contribution in [-0.2, 0) is 11.2 Å². The van der Waals surface area contributed by atoms with E-state index in [0.29, 0.717) is 0 Å². The second-order valence-corrected chi connectivity index (χ2v) is 6.21. The molecule has 2 aliphatic rings. The van der Waals surface area contributed by atoms with Crippen molar-refractivity contribution in [1.82, 2.24) is 5.32 Å². The Hall–Kier alpha value is -0.770. The Bertz CT molecular complexity index is 448. The van der Waals surface area contributed by atoms with Crippen LogP contribution < -0.4 is 10.1 Å². The van der Waals surface area contributed by atoms with Crippen molar-refractivity contribution >= 4 is 11.6 Å². The molecule has 0 spiro atoms. The first-order valence-corrected chi connectivity index (χ1v) is 7.92. The van der Waals surface area contributed by atoms with Gasteiger partial charge in [-0.1, -0.05) is 11.6 Å². The Kier molecular flexibility index (Phi) is 4.81. The van der Waals surface area contributed by atoms with Crippen LogP contribution in [0.2, 0.25) is 5.02 Å². The molecule has 1 aliphatic heterocycles.